The number of nitriles is 1. The van der Waals surface area contributed by atoms with Gasteiger partial charge in [-0.3, -0.25) is 9.59 Å². The van der Waals surface area contributed by atoms with Crippen molar-refractivity contribution in [1.29, 1.82) is 5.26 Å². The van der Waals surface area contributed by atoms with E-state index in [0.717, 1.165) is 0 Å². The summed E-state index contributed by atoms with van der Waals surface area (Å²) in [6, 6.07) is 8.19. The molecule has 1 aliphatic rings. The fourth-order valence-corrected chi connectivity index (χ4v) is 3.46. The fourth-order valence-electron chi connectivity index (χ4n) is 2.19. The van der Waals surface area contributed by atoms with Gasteiger partial charge in [-0.1, -0.05) is 11.6 Å². The van der Waals surface area contributed by atoms with E-state index >= 15 is 0 Å². The molecule has 22 heavy (non-hydrogen) atoms. The van der Waals surface area contributed by atoms with Crippen LogP contribution in [0.5, 0.6) is 0 Å². The van der Waals surface area contributed by atoms with Crippen LogP contribution in [0.15, 0.2) is 24.3 Å². The first-order valence-corrected chi connectivity index (χ1v) is 8.34. The van der Waals surface area contributed by atoms with Gasteiger partial charge in [0.15, 0.2) is 0 Å². The van der Waals surface area contributed by atoms with Crippen molar-refractivity contribution < 1.29 is 9.59 Å². The van der Waals surface area contributed by atoms with Gasteiger partial charge in [0.2, 0.25) is 5.91 Å². The maximum absolute atomic E-state index is 12.6. The fraction of sp³-hybridized carbons (Fsp3) is 0.400. The number of hydrogen-bond acceptors (Lipinski definition) is 4. The van der Waals surface area contributed by atoms with E-state index in [9.17, 15) is 9.59 Å². The van der Waals surface area contributed by atoms with Crippen molar-refractivity contribution in [2.24, 2.45) is 0 Å². The standard InChI is InChI=1S/C15H16ClN3O2S/c1-18(8-2-7-17)15(21)13-9-22-10-19(13)14(20)11-3-5-12(16)6-4-11/h3-6,13H,2,8-10H2,1H3. The zero-order chi connectivity index (χ0) is 16.1. The van der Waals surface area contributed by atoms with E-state index in [2.05, 4.69) is 0 Å². The minimum Gasteiger partial charge on any atom is -0.343 e. The summed E-state index contributed by atoms with van der Waals surface area (Å²) >= 11 is 7.38. The first kappa shape index (κ1) is 16.7. The molecule has 5 nitrogen and oxygen atoms in total. The molecule has 116 valence electrons. The molecule has 0 spiro atoms. The van der Waals surface area contributed by atoms with Gasteiger partial charge in [-0.2, -0.15) is 5.26 Å². The number of amides is 2. The van der Waals surface area contributed by atoms with Crippen molar-refractivity contribution in [3.63, 3.8) is 0 Å². The normalized spacial score (nSPS) is 17.1. The van der Waals surface area contributed by atoms with Gasteiger partial charge in [0.1, 0.15) is 6.04 Å². The highest BCUT2D eigenvalue weighted by molar-refractivity contribution is 7.99. The van der Waals surface area contributed by atoms with Crippen LogP contribution in [-0.2, 0) is 4.79 Å². The molecule has 0 aromatic heterocycles. The lowest BCUT2D eigenvalue weighted by Crippen LogP contribution is -2.48. The Bertz CT molecular complexity index is 600. The van der Waals surface area contributed by atoms with Crippen molar-refractivity contribution in [3.8, 4) is 6.07 Å². The Hall–Kier alpha value is -1.71. The topological polar surface area (TPSA) is 64.4 Å². The Balaban J connectivity index is 2.10. The summed E-state index contributed by atoms with van der Waals surface area (Å²) in [5, 5.41) is 9.17. The molecule has 2 rings (SSSR count). The molecular weight excluding hydrogens is 322 g/mol. The summed E-state index contributed by atoms with van der Waals surface area (Å²) in [5.41, 5.74) is 0.518. The largest absolute Gasteiger partial charge is 0.343 e. The molecule has 0 N–H and O–H groups in total. The van der Waals surface area contributed by atoms with E-state index in [1.165, 1.54) is 4.90 Å². The summed E-state index contributed by atoms with van der Waals surface area (Å²) < 4.78 is 0. The minimum atomic E-state index is -0.475. The summed E-state index contributed by atoms with van der Waals surface area (Å²) in [5.74, 6) is 0.773. The zero-order valence-electron chi connectivity index (χ0n) is 12.2. The number of carbonyl (C=O) groups is 2. The number of benzene rings is 1. The number of carbonyl (C=O) groups excluding carboxylic acids is 2. The van der Waals surface area contributed by atoms with Gasteiger partial charge in [-0.15, -0.1) is 11.8 Å². The molecule has 1 unspecified atom stereocenters. The third-order valence-electron chi connectivity index (χ3n) is 3.45. The molecular formula is C15H16ClN3O2S. The Morgan fingerprint density at radius 2 is 2.14 bits per heavy atom. The molecule has 0 radical (unpaired) electrons. The molecule has 0 saturated carbocycles. The van der Waals surface area contributed by atoms with Gasteiger partial charge in [0, 0.05) is 29.9 Å². The number of nitrogens with zero attached hydrogens (tertiary/aromatic N) is 3. The molecule has 0 aliphatic carbocycles. The molecule has 1 heterocycles. The molecule has 0 bridgehead atoms. The van der Waals surface area contributed by atoms with Gasteiger partial charge < -0.3 is 9.80 Å². The van der Waals surface area contributed by atoms with Gasteiger partial charge in [0.05, 0.1) is 18.4 Å². The summed E-state index contributed by atoms with van der Waals surface area (Å²) in [4.78, 5) is 28.1. The third-order valence-corrected chi connectivity index (χ3v) is 4.72. The quantitative estimate of drug-likeness (QED) is 0.845. The van der Waals surface area contributed by atoms with E-state index in [4.69, 9.17) is 16.9 Å². The van der Waals surface area contributed by atoms with Crippen LogP contribution in [-0.4, -0.2) is 52.9 Å². The molecule has 1 aromatic rings. The van der Waals surface area contributed by atoms with Crippen molar-refractivity contribution in [3.05, 3.63) is 34.9 Å². The predicted molar refractivity (Wildman–Crippen MR) is 86.6 cm³/mol. The maximum Gasteiger partial charge on any atom is 0.255 e. The van der Waals surface area contributed by atoms with Crippen molar-refractivity contribution in [2.75, 3.05) is 25.2 Å². The first-order valence-electron chi connectivity index (χ1n) is 6.81. The van der Waals surface area contributed by atoms with Crippen LogP contribution in [0, 0.1) is 11.3 Å². The highest BCUT2D eigenvalue weighted by Gasteiger charge is 2.36. The summed E-state index contributed by atoms with van der Waals surface area (Å²) in [6.45, 7) is 0.374. The number of likely N-dealkylation sites (N-methyl/N-ethyl adjacent to an activating group) is 1. The zero-order valence-corrected chi connectivity index (χ0v) is 13.7. The van der Waals surface area contributed by atoms with E-state index in [0.29, 0.717) is 28.8 Å². The molecule has 7 heteroatoms. The Labute approximate surface area is 138 Å². The van der Waals surface area contributed by atoms with Crippen LogP contribution in [0.25, 0.3) is 0 Å². The second-order valence-electron chi connectivity index (χ2n) is 4.97. The monoisotopic (exact) mass is 337 g/mol. The van der Waals surface area contributed by atoms with Gasteiger partial charge in [-0.25, -0.2) is 0 Å². The molecule has 1 atom stereocenters. The van der Waals surface area contributed by atoms with E-state index in [1.54, 1.807) is 48.0 Å². The first-order chi connectivity index (χ1) is 10.5. The Morgan fingerprint density at radius 1 is 1.45 bits per heavy atom. The molecule has 1 saturated heterocycles. The van der Waals surface area contributed by atoms with Gasteiger partial charge >= 0.3 is 0 Å². The average molecular weight is 338 g/mol. The highest BCUT2D eigenvalue weighted by atomic mass is 35.5. The molecule has 2 amide bonds. The molecule has 1 fully saturated rings. The second-order valence-corrected chi connectivity index (χ2v) is 6.40. The minimum absolute atomic E-state index is 0.123. The average Bonchev–Trinajstić information content (AvgIpc) is 3.01. The second kappa shape index (κ2) is 7.52. The summed E-state index contributed by atoms with van der Waals surface area (Å²) in [7, 11) is 1.66. The van der Waals surface area contributed by atoms with Crippen LogP contribution < -0.4 is 0 Å². The van der Waals surface area contributed by atoms with Gasteiger partial charge in [0.25, 0.3) is 5.91 Å². The van der Waals surface area contributed by atoms with E-state index < -0.39 is 6.04 Å². The smallest absolute Gasteiger partial charge is 0.255 e. The SMILES string of the molecule is CN(CCC#N)C(=O)C1CSCN1C(=O)c1ccc(Cl)cc1. The number of hydrogen-bond donors (Lipinski definition) is 0. The van der Waals surface area contributed by atoms with Crippen molar-refractivity contribution in [1.82, 2.24) is 9.80 Å². The van der Waals surface area contributed by atoms with Crippen LogP contribution in [0.4, 0.5) is 0 Å². The van der Waals surface area contributed by atoms with E-state index in [1.807, 2.05) is 6.07 Å². The highest BCUT2D eigenvalue weighted by Crippen LogP contribution is 2.25. The Morgan fingerprint density at radius 3 is 2.77 bits per heavy atom. The predicted octanol–water partition coefficient (Wildman–Crippen LogP) is 2.23. The van der Waals surface area contributed by atoms with Crippen LogP contribution >= 0.6 is 23.4 Å². The molecule has 1 aliphatic heterocycles. The van der Waals surface area contributed by atoms with Crippen molar-refractivity contribution >= 4 is 35.2 Å². The van der Waals surface area contributed by atoms with Gasteiger partial charge in [-0.05, 0) is 24.3 Å². The van der Waals surface area contributed by atoms with Crippen molar-refractivity contribution in [2.45, 2.75) is 12.5 Å². The third kappa shape index (κ3) is 3.73. The number of halogens is 1. The number of thioether (sulfide) groups is 1. The lowest BCUT2D eigenvalue weighted by Gasteiger charge is -2.27. The number of rotatable bonds is 4. The lowest BCUT2D eigenvalue weighted by molar-refractivity contribution is -0.133. The Kier molecular flexibility index (Phi) is 5.69. The lowest BCUT2D eigenvalue weighted by atomic mass is 10.1. The molecule has 1 aromatic carbocycles. The van der Waals surface area contributed by atoms with E-state index in [-0.39, 0.29) is 18.2 Å². The van der Waals surface area contributed by atoms with Crippen LogP contribution in [0.1, 0.15) is 16.8 Å². The van der Waals surface area contributed by atoms with Crippen LogP contribution in [0.2, 0.25) is 5.02 Å². The van der Waals surface area contributed by atoms with Crippen LogP contribution in [0.3, 0.4) is 0 Å². The maximum atomic E-state index is 12.6. The summed E-state index contributed by atoms with van der Waals surface area (Å²) in [6.07, 6.45) is 0.285.